The summed E-state index contributed by atoms with van der Waals surface area (Å²) in [5, 5.41) is 9.68. The Labute approximate surface area is 80.9 Å². The van der Waals surface area contributed by atoms with Crippen molar-refractivity contribution in [3.63, 3.8) is 0 Å². The van der Waals surface area contributed by atoms with Gasteiger partial charge in [0.2, 0.25) is 7.09 Å². The standard InChI is InChI=1S/C8H16BO2S/c1-3-6-5(2)8(11-12-9)4-7(6)10/h5-10H,3-4H2,1-2H3/t5-,6?,7-,8-/m1/s1/i9T. The maximum Gasteiger partial charge on any atom is 0.209 e. The molecule has 0 bridgehead atoms. The first-order valence-corrected chi connectivity index (χ1v) is 5.21. The van der Waals surface area contributed by atoms with Gasteiger partial charge in [0.15, 0.2) is 0 Å². The molecule has 0 aliphatic heterocycles. The molecule has 0 aromatic heterocycles. The van der Waals surface area contributed by atoms with E-state index in [1.54, 1.807) is 0 Å². The molecule has 0 spiro atoms. The second kappa shape index (κ2) is 4.54. The van der Waals surface area contributed by atoms with Crippen LogP contribution in [0.5, 0.6) is 0 Å². The van der Waals surface area contributed by atoms with Crippen LogP contribution in [0.15, 0.2) is 0 Å². The lowest BCUT2D eigenvalue weighted by atomic mass is 9.93. The summed E-state index contributed by atoms with van der Waals surface area (Å²) in [6.07, 6.45) is 1.58. The maximum atomic E-state index is 9.68. The lowest BCUT2D eigenvalue weighted by molar-refractivity contribution is 0.118. The lowest BCUT2D eigenvalue weighted by Crippen LogP contribution is -2.18. The molecular weight excluding hydrogens is 171 g/mol. The number of aliphatic hydroxyl groups excluding tert-OH is 1. The second-order valence-corrected chi connectivity index (χ2v) is 3.85. The maximum absolute atomic E-state index is 9.68. The van der Waals surface area contributed by atoms with Crippen molar-refractivity contribution >= 4 is 19.0 Å². The minimum atomic E-state index is -0.226. The monoisotopic (exact) mass is 189 g/mol. The Bertz CT molecular complexity index is 161. The summed E-state index contributed by atoms with van der Waals surface area (Å²) in [5.74, 6) is 0.754. The second-order valence-electron chi connectivity index (χ2n) is 3.47. The van der Waals surface area contributed by atoms with Gasteiger partial charge in [-0.15, -0.1) is 0 Å². The quantitative estimate of drug-likeness (QED) is 0.533. The molecule has 4 heteroatoms. The van der Waals surface area contributed by atoms with Crippen molar-refractivity contribution < 1.29 is 9.29 Å². The molecule has 0 amide bonds. The van der Waals surface area contributed by atoms with E-state index in [0.717, 1.165) is 18.3 Å². The van der Waals surface area contributed by atoms with Crippen molar-refractivity contribution in [2.75, 3.05) is 0 Å². The normalized spacial score (nSPS) is 42.8. The van der Waals surface area contributed by atoms with Gasteiger partial charge in [-0.05, 0) is 13.2 Å². The van der Waals surface area contributed by atoms with E-state index in [1.807, 2.05) is 0 Å². The fraction of sp³-hybridized carbons (Fsp3) is 1.00. The molecule has 1 N–H and O–H groups in total. The van der Waals surface area contributed by atoms with Crippen LogP contribution in [0.4, 0.5) is 0 Å². The fourth-order valence-electron chi connectivity index (χ4n) is 2.10. The van der Waals surface area contributed by atoms with Crippen molar-refractivity contribution in [3.05, 3.63) is 0 Å². The van der Waals surface area contributed by atoms with Crippen LogP contribution in [0, 0.1) is 11.8 Å². The highest BCUT2D eigenvalue weighted by molar-refractivity contribution is 8.15. The summed E-state index contributed by atoms with van der Waals surface area (Å²) >= 11 is 1.05. The van der Waals surface area contributed by atoms with Crippen LogP contribution in [-0.2, 0) is 4.18 Å². The number of hydrogen-bond donors (Lipinski definition) is 1. The predicted molar refractivity (Wildman–Crippen MR) is 53.2 cm³/mol. The average Bonchev–Trinajstić information content (AvgIpc) is 2.38. The van der Waals surface area contributed by atoms with Gasteiger partial charge in [-0.3, -0.25) is 0 Å². The first-order chi connectivity index (χ1) is 6.20. The van der Waals surface area contributed by atoms with E-state index >= 15 is 0 Å². The van der Waals surface area contributed by atoms with Gasteiger partial charge in [-0.1, -0.05) is 32.2 Å². The number of aliphatic hydroxyl groups is 1. The third-order valence-electron chi connectivity index (χ3n) is 2.88. The van der Waals surface area contributed by atoms with E-state index in [2.05, 4.69) is 13.8 Å². The van der Waals surface area contributed by atoms with Crippen LogP contribution in [0.2, 0.25) is 0 Å². The van der Waals surface area contributed by atoms with Crippen molar-refractivity contribution in [2.24, 2.45) is 11.8 Å². The molecule has 4 atom stereocenters. The third-order valence-corrected chi connectivity index (χ3v) is 3.24. The lowest BCUT2D eigenvalue weighted by Gasteiger charge is -2.19. The Morgan fingerprint density at radius 3 is 3.08 bits per heavy atom. The fourth-order valence-corrected chi connectivity index (χ4v) is 2.49. The summed E-state index contributed by atoms with van der Waals surface area (Å²) < 4.78 is 12.2. The zero-order chi connectivity index (χ0) is 9.84. The van der Waals surface area contributed by atoms with Gasteiger partial charge < -0.3 is 9.29 Å². The molecule has 1 aliphatic carbocycles. The molecule has 0 saturated heterocycles. The Morgan fingerprint density at radius 2 is 2.58 bits per heavy atom. The van der Waals surface area contributed by atoms with Crippen molar-refractivity contribution in [1.82, 2.24) is 0 Å². The first-order valence-electron chi connectivity index (χ1n) is 4.98. The molecule has 1 unspecified atom stereocenters. The van der Waals surface area contributed by atoms with Crippen molar-refractivity contribution in [3.8, 4) is 0 Å². The van der Waals surface area contributed by atoms with E-state index in [4.69, 9.17) is 5.52 Å². The zero-order valence-corrected chi connectivity index (χ0v) is 8.38. The molecule has 1 rings (SSSR count). The SMILES string of the molecule is [3H][B]SO[C@@H]1C[C@@H](O)C(CC)[C@H]1C. The van der Waals surface area contributed by atoms with Crippen LogP contribution in [-0.4, -0.2) is 25.7 Å². The minimum absolute atomic E-state index is 0.103. The van der Waals surface area contributed by atoms with Crippen LogP contribution in [0.1, 0.15) is 26.7 Å². The predicted octanol–water partition coefficient (Wildman–Crippen LogP) is 1.26. The Morgan fingerprint density at radius 1 is 1.83 bits per heavy atom. The molecule has 1 radical (unpaired) electrons. The van der Waals surface area contributed by atoms with E-state index in [-0.39, 0.29) is 12.2 Å². The van der Waals surface area contributed by atoms with Crippen LogP contribution < -0.4 is 0 Å². The van der Waals surface area contributed by atoms with Gasteiger partial charge in [0.1, 0.15) is 0 Å². The summed E-state index contributed by atoms with van der Waals surface area (Å²) in [4.78, 5) is 0. The van der Waals surface area contributed by atoms with Crippen LogP contribution >= 0.6 is 11.9 Å². The number of hydrogen-bond acceptors (Lipinski definition) is 3. The molecule has 1 fully saturated rings. The summed E-state index contributed by atoms with van der Waals surface area (Å²) in [6.45, 7) is 4.20. The topological polar surface area (TPSA) is 29.5 Å². The van der Waals surface area contributed by atoms with E-state index in [1.165, 1.54) is 7.09 Å². The molecule has 0 aromatic rings. The van der Waals surface area contributed by atoms with Gasteiger partial charge >= 0.3 is 0 Å². The zero-order valence-electron chi connectivity index (χ0n) is 8.56. The molecular formula is C8H16BO2S. The van der Waals surface area contributed by atoms with Gasteiger partial charge in [-0.25, -0.2) is 0 Å². The van der Waals surface area contributed by atoms with Crippen LogP contribution in [0.3, 0.4) is 0 Å². The van der Waals surface area contributed by atoms with Gasteiger partial charge in [0.25, 0.3) is 0 Å². The van der Waals surface area contributed by atoms with Crippen LogP contribution in [0.25, 0.3) is 0 Å². The molecule has 0 aromatic carbocycles. The molecule has 1 saturated carbocycles. The number of rotatable bonds is 4. The molecule has 0 heterocycles. The van der Waals surface area contributed by atoms with Crippen molar-refractivity contribution in [2.45, 2.75) is 38.9 Å². The minimum Gasteiger partial charge on any atom is -0.393 e. The Kier molecular flexibility index (Phi) is 3.37. The van der Waals surface area contributed by atoms with E-state index in [0.29, 0.717) is 18.3 Å². The Hall–Kier alpha value is 0.335. The van der Waals surface area contributed by atoms with E-state index in [9.17, 15) is 5.11 Å². The van der Waals surface area contributed by atoms with Gasteiger partial charge in [0.05, 0.1) is 12.2 Å². The highest BCUT2D eigenvalue weighted by Gasteiger charge is 2.39. The van der Waals surface area contributed by atoms with Gasteiger partial charge in [0, 0.05) is 6.42 Å². The largest absolute Gasteiger partial charge is 0.393 e. The van der Waals surface area contributed by atoms with Gasteiger partial charge in [-0.2, -0.15) is 0 Å². The third kappa shape index (κ3) is 1.98. The van der Waals surface area contributed by atoms with E-state index < -0.39 is 0 Å². The molecule has 2 nitrogen and oxygen atoms in total. The smallest absolute Gasteiger partial charge is 0.209 e. The molecule has 69 valence electrons. The summed E-state index contributed by atoms with van der Waals surface area (Å²) in [5.41, 5.74) is 0. The molecule has 12 heavy (non-hydrogen) atoms. The first kappa shape index (κ1) is 8.91. The highest BCUT2D eigenvalue weighted by atomic mass is 32.2. The molecule has 1 aliphatic rings. The Balaban J connectivity index is 2.41. The highest BCUT2D eigenvalue weighted by Crippen LogP contribution is 2.37. The summed E-state index contributed by atoms with van der Waals surface area (Å²) in [6, 6.07) is 0. The van der Waals surface area contributed by atoms with Crippen molar-refractivity contribution in [1.29, 1.82) is 1.34 Å². The average molecular weight is 189 g/mol. The summed E-state index contributed by atoms with van der Waals surface area (Å²) in [7, 11) is 1.18.